The largest absolute Gasteiger partial charge is 0.325 e. The Balaban J connectivity index is 1.54. The van der Waals surface area contributed by atoms with Gasteiger partial charge < -0.3 is 5.32 Å². The fourth-order valence-corrected chi connectivity index (χ4v) is 3.87. The Hall–Kier alpha value is -3.97. The lowest BCUT2D eigenvalue weighted by molar-refractivity contribution is -0.114. The van der Waals surface area contributed by atoms with Gasteiger partial charge in [-0.2, -0.15) is 4.68 Å². The van der Waals surface area contributed by atoms with Gasteiger partial charge in [0.1, 0.15) is 12.6 Å². The molecule has 3 aromatic carbocycles. The minimum absolute atomic E-state index is 0.0469. The van der Waals surface area contributed by atoms with Crippen molar-refractivity contribution in [1.29, 1.82) is 0 Å². The average Bonchev–Trinajstić information content (AvgIpc) is 3.31. The molecule has 0 aliphatic carbocycles. The Morgan fingerprint density at radius 2 is 1.62 bits per heavy atom. The molecular formula is C24H19ClN6O. The highest BCUT2D eigenvalue weighted by Crippen LogP contribution is 2.36. The standard InChI is InChI=1S/C24H19ClN6O/c25-19-13-11-18(12-14-19)21-15-22(17-7-3-1-4-8-17)31-24(27-28-29-31)30(21)16-23(32)26-20-9-5-2-6-10-20/h1-15,22H,16H2,(H,26,32). The van der Waals surface area contributed by atoms with E-state index in [1.807, 2.05) is 89.8 Å². The number of benzene rings is 3. The number of anilines is 2. The van der Waals surface area contributed by atoms with E-state index >= 15 is 0 Å². The summed E-state index contributed by atoms with van der Waals surface area (Å²) < 4.78 is 1.73. The number of carbonyl (C=O) groups is 1. The topological polar surface area (TPSA) is 75.9 Å². The highest BCUT2D eigenvalue weighted by molar-refractivity contribution is 6.30. The highest BCUT2D eigenvalue weighted by Gasteiger charge is 2.31. The van der Waals surface area contributed by atoms with Crippen molar-refractivity contribution < 1.29 is 4.79 Å². The number of halogens is 1. The maximum Gasteiger partial charge on any atom is 0.251 e. The molecule has 0 fully saturated rings. The number of hydrogen-bond acceptors (Lipinski definition) is 5. The summed E-state index contributed by atoms with van der Waals surface area (Å²) in [5.41, 5.74) is 3.52. The first-order valence-corrected chi connectivity index (χ1v) is 10.5. The molecule has 1 aliphatic heterocycles. The average molecular weight is 443 g/mol. The summed E-state index contributed by atoms with van der Waals surface area (Å²) in [7, 11) is 0. The molecule has 0 saturated heterocycles. The van der Waals surface area contributed by atoms with E-state index < -0.39 is 0 Å². The number of hydrogen-bond donors (Lipinski definition) is 1. The van der Waals surface area contributed by atoms with Crippen molar-refractivity contribution in [2.75, 3.05) is 16.8 Å². The van der Waals surface area contributed by atoms with Gasteiger partial charge in [-0.3, -0.25) is 9.69 Å². The van der Waals surface area contributed by atoms with Crippen molar-refractivity contribution in [2.24, 2.45) is 0 Å². The molecule has 7 nitrogen and oxygen atoms in total. The second-order valence-electron chi connectivity index (χ2n) is 7.34. The SMILES string of the molecule is O=C(CN1C(c2ccc(Cl)cc2)=CC(c2ccccc2)n2nnnc21)Nc1ccccc1. The molecule has 1 amide bonds. The Kier molecular flexibility index (Phi) is 5.39. The first kappa shape index (κ1) is 20.0. The molecule has 0 bridgehead atoms. The van der Waals surface area contributed by atoms with Crippen LogP contribution in [-0.4, -0.2) is 32.7 Å². The lowest BCUT2D eigenvalue weighted by atomic mass is 10.0. The predicted octanol–water partition coefficient (Wildman–Crippen LogP) is 4.42. The molecule has 158 valence electrons. The number of nitrogens with zero attached hydrogens (tertiary/aromatic N) is 5. The second-order valence-corrected chi connectivity index (χ2v) is 7.77. The molecule has 8 heteroatoms. The molecule has 1 aliphatic rings. The molecule has 32 heavy (non-hydrogen) atoms. The maximum absolute atomic E-state index is 12.9. The van der Waals surface area contributed by atoms with Crippen molar-refractivity contribution in [3.63, 3.8) is 0 Å². The van der Waals surface area contributed by atoms with Crippen LogP contribution >= 0.6 is 11.6 Å². The van der Waals surface area contributed by atoms with Crippen molar-refractivity contribution in [1.82, 2.24) is 20.2 Å². The summed E-state index contributed by atoms with van der Waals surface area (Å²) in [5, 5.41) is 15.9. The zero-order chi connectivity index (χ0) is 21.9. The van der Waals surface area contributed by atoms with Gasteiger partial charge in [-0.15, -0.1) is 0 Å². The molecular weight excluding hydrogens is 424 g/mol. The van der Waals surface area contributed by atoms with Gasteiger partial charge in [0.2, 0.25) is 5.91 Å². The van der Waals surface area contributed by atoms with E-state index in [0.29, 0.717) is 11.0 Å². The van der Waals surface area contributed by atoms with Crippen molar-refractivity contribution in [2.45, 2.75) is 6.04 Å². The van der Waals surface area contributed by atoms with E-state index in [1.54, 1.807) is 4.68 Å². The van der Waals surface area contributed by atoms with Crippen LogP contribution in [0.2, 0.25) is 5.02 Å². The maximum atomic E-state index is 12.9. The Morgan fingerprint density at radius 3 is 2.34 bits per heavy atom. The summed E-state index contributed by atoms with van der Waals surface area (Å²) in [6.45, 7) is 0.0469. The summed E-state index contributed by atoms with van der Waals surface area (Å²) in [4.78, 5) is 14.7. The summed E-state index contributed by atoms with van der Waals surface area (Å²) in [6.07, 6.45) is 2.07. The quantitative estimate of drug-likeness (QED) is 0.495. The van der Waals surface area contributed by atoms with Gasteiger partial charge in [-0.1, -0.05) is 77.4 Å². The van der Waals surface area contributed by atoms with Gasteiger partial charge in [0.15, 0.2) is 0 Å². The fraction of sp³-hybridized carbons (Fsp3) is 0.0833. The summed E-state index contributed by atoms with van der Waals surface area (Å²) in [5.74, 6) is 0.318. The van der Waals surface area contributed by atoms with E-state index in [4.69, 9.17) is 11.6 Å². The number of rotatable bonds is 5. The van der Waals surface area contributed by atoms with Crippen LogP contribution in [0.1, 0.15) is 17.2 Å². The van der Waals surface area contributed by atoms with Crippen molar-refractivity contribution in [3.8, 4) is 0 Å². The van der Waals surface area contributed by atoms with E-state index in [0.717, 1.165) is 22.5 Å². The van der Waals surface area contributed by atoms with E-state index in [2.05, 4.69) is 26.9 Å². The van der Waals surface area contributed by atoms with Crippen molar-refractivity contribution >= 4 is 34.8 Å². The van der Waals surface area contributed by atoms with E-state index in [1.165, 1.54) is 0 Å². The zero-order valence-electron chi connectivity index (χ0n) is 17.0. The number of para-hydroxylation sites is 1. The smallest absolute Gasteiger partial charge is 0.251 e. The Bertz CT molecular complexity index is 1250. The molecule has 0 radical (unpaired) electrons. The molecule has 1 atom stereocenters. The van der Waals surface area contributed by atoms with E-state index in [9.17, 15) is 4.79 Å². The van der Waals surface area contributed by atoms with Crippen molar-refractivity contribution in [3.05, 3.63) is 107 Å². The number of carbonyl (C=O) groups excluding carboxylic acids is 1. The lowest BCUT2D eigenvalue weighted by Crippen LogP contribution is -2.37. The third kappa shape index (κ3) is 3.98. The molecule has 0 saturated carbocycles. The Labute approximate surface area is 189 Å². The number of nitrogens with one attached hydrogen (secondary N) is 1. The fourth-order valence-electron chi connectivity index (χ4n) is 3.75. The highest BCUT2D eigenvalue weighted by atomic mass is 35.5. The second kappa shape index (κ2) is 8.64. The molecule has 5 rings (SSSR count). The van der Waals surface area contributed by atoms with Gasteiger partial charge in [0.25, 0.3) is 5.95 Å². The van der Waals surface area contributed by atoms with Crippen LogP contribution in [0.5, 0.6) is 0 Å². The minimum Gasteiger partial charge on any atom is -0.325 e. The Morgan fingerprint density at radius 1 is 0.938 bits per heavy atom. The third-order valence-corrected chi connectivity index (χ3v) is 5.48. The molecule has 4 aromatic rings. The first-order chi connectivity index (χ1) is 15.7. The van der Waals surface area contributed by atoms with Gasteiger partial charge >= 0.3 is 0 Å². The molecule has 1 N–H and O–H groups in total. The lowest BCUT2D eigenvalue weighted by Gasteiger charge is -2.32. The minimum atomic E-state index is -0.208. The summed E-state index contributed by atoms with van der Waals surface area (Å²) in [6, 6.07) is 26.6. The molecule has 2 heterocycles. The van der Waals surface area contributed by atoms with Gasteiger partial charge in [0, 0.05) is 10.7 Å². The number of aromatic nitrogens is 4. The van der Waals surface area contributed by atoms with Crippen LogP contribution in [0, 0.1) is 0 Å². The monoisotopic (exact) mass is 442 g/mol. The predicted molar refractivity (Wildman–Crippen MR) is 124 cm³/mol. The first-order valence-electron chi connectivity index (χ1n) is 10.1. The third-order valence-electron chi connectivity index (χ3n) is 5.23. The summed E-state index contributed by atoms with van der Waals surface area (Å²) >= 11 is 6.12. The molecule has 0 spiro atoms. The number of allylic oxidation sites excluding steroid dienone is 1. The van der Waals surface area contributed by atoms with Crippen LogP contribution in [0.3, 0.4) is 0 Å². The zero-order valence-corrected chi connectivity index (χ0v) is 17.7. The van der Waals surface area contributed by atoms with Crippen LogP contribution < -0.4 is 10.2 Å². The van der Waals surface area contributed by atoms with Crippen LogP contribution in [0.25, 0.3) is 5.70 Å². The van der Waals surface area contributed by atoms with Gasteiger partial charge in [-0.25, -0.2) is 0 Å². The van der Waals surface area contributed by atoms with Crippen LogP contribution in [0.15, 0.2) is 91.0 Å². The van der Waals surface area contributed by atoms with Gasteiger partial charge in [0.05, 0.1) is 5.70 Å². The van der Waals surface area contributed by atoms with Gasteiger partial charge in [-0.05, 0) is 51.9 Å². The normalized spacial score (nSPS) is 15.1. The molecule has 1 aromatic heterocycles. The van der Waals surface area contributed by atoms with E-state index in [-0.39, 0.29) is 18.5 Å². The number of tetrazole rings is 1. The number of amides is 1. The van der Waals surface area contributed by atoms with Crippen LogP contribution in [0.4, 0.5) is 11.6 Å². The number of fused-ring (bicyclic) bond motifs is 1. The molecule has 1 unspecified atom stereocenters. The van der Waals surface area contributed by atoms with Crippen LogP contribution in [-0.2, 0) is 4.79 Å².